The summed E-state index contributed by atoms with van der Waals surface area (Å²) in [5.74, 6) is 0. The lowest BCUT2D eigenvalue weighted by molar-refractivity contribution is 1.53. The summed E-state index contributed by atoms with van der Waals surface area (Å²) in [7, 11) is 0. The number of benzene rings is 15. The number of para-hydroxylation sites is 1. The van der Waals surface area contributed by atoms with E-state index in [-0.39, 0.29) is 0 Å². The second-order valence-electron chi connectivity index (χ2n) is 21.7. The van der Waals surface area contributed by atoms with Gasteiger partial charge in [0.15, 0.2) is 0 Å². The quantitative estimate of drug-likeness (QED) is 0.0929. The van der Waals surface area contributed by atoms with Crippen molar-refractivity contribution in [2.24, 2.45) is 0 Å². The van der Waals surface area contributed by atoms with Gasteiger partial charge in [0, 0.05) is 50.9 Å². The summed E-state index contributed by atoms with van der Waals surface area (Å²) in [4.78, 5) is 0. The maximum Gasteiger partial charge on any atom is 0.0463 e. The van der Waals surface area contributed by atoms with Gasteiger partial charge in [0.25, 0.3) is 0 Å². The first-order chi connectivity index (χ1) is 44.6. The molecule has 15 aromatic rings. The normalized spacial score (nSPS) is 10.4. The molecule has 0 spiro atoms. The van der Waals surface area contributed by atoms with E-state index >= 15 is 0 Å². The summed E-state index contributed by atoms with van der Waals surface area (Å²) in [5.41, 5.74) is 21.2. The van der Waals surface area contributed by atoms with Crippen LogP contribution in [0.1, 0.15) is 0 Å². The average Bonchev–Trinajstić information content (AvgIpc) is 2.94. The second-order valence-corrected chi connectivity index (χ2v) is 21.7. The molecule has 15 aromatic carbocycles. The third-order valence-electron chi connectivity index (χ3n) is 15.4. The van der Waals surface area contributed by atoms with Crippen LogP contribution < -0.4 is 21.3 Å². The number of fused-ring (bicyclic) bond motifs is 2. The van der Waals surface area contributed by atoms with Crippen LogP contribution in [0, 0.1) is 0 Å². The Labute approximate surface area is 529 Å². The Bertz CT molecular complexity index is 4510. The van der Waals surface area contributed by atoms with Crippen molar-refractivity contribution < 1.29 is 0 Å². The van der Waals surface area contributed by atoms with E-state index in [1.54, 1.807) is 0 Å². The topological polar surface area (TPSA) is 48.1 Å². The molecule has 432 valence electrons. The molecule has 0 aliphatic carbocycles. The van der Waals surface area contributed by atoms with E-state index in [0.717, 1.165) is 45.5 Å². The Kier molecular flexibility index (Phi) is 19.4. The van der Waals surface area contributed by atoms with Crippen LogP contribution >= 0.6 is 0 Å². The zero-order valence-corrected chi connectivity index (χ0v) is 50.0. The van der Waals surface area contributed by atoms with Gasteiger partial charge in [-0.05, 0) is 163 Å². The van der Waals surface area contributed by atoms with Gasteiger partial charge in [-0.25, -0.2) is 0 Å². The largest absolute Gasteiger partial charge is 0.356 e. The van der Waals surface area contributed by atoms with Gasteiger partial charge in [-0.15, -0.1) is 0 Å². The van der Waals surface area contributed by atoms with Crippen LogP contribution in [-0.2, 0) is 0 Å². The molecule has 0 heterocycles. The van der Waals surface area contributed by atoms with E-state index in [2.05, 4.69) is 361 Å². The first kappa shape index (κ1) is 58.4. The molecule has 4 N–H and O–H groups in total. The summed E-state index contributed by atoms with van der Waals surface area (Å²) in [6, 6.07) is 135. The van der Waals surface area contributed by atoms with Gasteiger partial charge in [-0.2, -0.15) is 0 Å². The number of anilines is 8. The molecular formula is C86H68N4. The molecule has 4 nitrogen and oxygen atoms in total. The summed E-state index contributed by atoms with van der Waals surface area (Å²) in [5, 5.41) is 18.8. The molecule has 0 bridgehead atoms. The molecular weight excluding hydrogens is 1090 g/mol. The van der Waals surface area contributed by atoms with Crippen molar-refractivity contribution in [3.8, 4) is 55.6 Å². The van der Waals surface area contributed by atoms with E-state index < -0.39 is 0 Å². The van der Waals surface area contributed by atoms with Gasteiger partial charge in [-0.3, -0.25) is 0 Å². The molecule has 0 aliphatic rings. The fourth-order valence-corrected chi connectivity index (χ4v) is 10.7. The van der Waals surface area contributed by atoms with Gasteiger partial charge in [0.05, 0.1) is 0 Å². The van der Waals surface area contributed by atoms with E-state index in [0.29, 0.717) is 0 Å². The first-order valence-corrected chi connectivity index (χ1v) is 30.5. The Morgan fingerprint density at radius 3 is 0.744 bits per heavy atom. The molecule has 0 saturated carbocycles. The predicted octanol–water partition coefficient (Wildman–Crippen LogP) is 24.4. The highest BCUT2D eigenvalue weighted by Gasteiger charge is 2.06. The molecule has 0 radical (unpaired) electrons. The Hall–Kier alpha value is -12.0. The molecule has 4 heteroatoms. The Morgan fingerprint density at radius 2 is 0.378 bits per heavy atom. The van der Waals surface area contributed by atoms with Crippen molar-refractivity contribution in [1.29, 1.82) is 0 Å². The van der Waals surface area contributed by atoms with E-state index in [1.807, 2.05) is 48.5 Å². The van der Waals surface area contributed by atoms with Crippen LogP contribution in [0.15, 0.2) is 388 Å². The lowest BCUT2D eigenvalue weighted by atomic mass is 10.0. The van der Waals surface area contributed by atoms with Crippen LogP contribution in [0.4, 0.5) is 45.5 Å². The van der Waals surface area contributed by atoms with Gasteiger partial charge < -0.3 is 21.3 Å². The Balaban J connectivity index is 0.000000117. The van der Waals surface area contributed by atoms with Gasteiger partial charge in [-0.1, -0.05) is 297 Å². The fourth-order valence-electron chi connectivity index (χ4n) is 10.7. The van der Waals surface area contributed by atoms with Gasteiger partial charge in [0.1, 0.15) is 0 Å². The maximum absolute atomic E-state index is 3.53. The van der Waals surface area contributed by atoms with Crippen LogP contribution in [0.25, 0.3) is 77.2 Å². The standard InChI is InChI=1S/C24H19N.2C22H17N.C18H15N/c1-3-7-19(8-4-1)21-11-15-23(16-12-21)25-24-17-13-22(14-18-24)20-9-5-2-6-10-20;1-2-7-17(8-3-1)18-13-15-20(16-14-18)23-22-12-6-10-19-9-4-5-11-21(19)22;1-2-6-17(7-3-1)19-10-13-21(14-11-19)23-22-15-12-18-8-4-5-9-20(18)16-22;1-3-7-15(8-4-1)16-11-13-18(14-12-16)19-17-9-5-2-6-10-17/h1-18,25H;2*1-16,23H;1-14,19H. The summed E-state index contributed by atoms with van der Waals surface area (Å²) >= 11 is 0. The van der Waals surface area contributed by atoms with Crippen molar-refractivity contribution in [2.45, 2.75) is 0 Å². The van der Waals surface area contributed by atoms with Crippen molar-refractivity contribution in [3.05, 3.63) is 388 Å². The van der Waals surface area contributed by atoms with E-state index in [9.17, 15) is 0 Å². The summed E-state index contributed by atoms with van der Waals surface area (Å²) in [6.07, 6.45) is 0. The number of rotatable bonds is 13. The molecule has 90 heavy (non-hydrogen) atoms. The smallest absolute Gasteiger partial charge is 0.0463 e. The number of nitrogens with one attached hydrogen (secondary N) is 4. The third kappa shape index (κ3) is 16.1. The second kappa shape index (κ2) is 29.9. The molecule has 0 fully saturated rings. The molecule has 0 unspecified atom stereocenters. The lowest BCUT2D eigenvalue weighted by Crippen LogP contribution is -1.91. The van der Waals surface area contributed by atoms with Crippen LogP contribution in [0.3, 0.4) is 0 Å². The fraction of sp³-hybridized carbons (Fsp3) is 0. The van der Waals surface area contributed by atoms with Gasteiger partial charge >= 0.3 is 0 Å². The highest BCUT2D eigenvalue weighted by Crippen LogP contribution is 2.31. The zero-order valence-electron chi connectivity index (χ0n) is 50.0. The SMILES string of the molecule is c1ccc(-c2ccc(Nc3ccc(-c4ccccc4)cc3)cc2)cc1.c1ccc(-c2ccc(Nc3ccc4ccccc4c3)cc2)cc1.c1ccc(-c2ccc(Nc3cccc4ccccc34)cc2)cc1.c1ccc(Nc2ccc(-c3ccccc3)cc2)cc1. The molecule has 0 atom stereocenters. The Morgan fingerprint density at radius 1 is 0.133 bits per heavy atom. The molecule has 0 amide bonds. The zero-order chi connectivity index (χ0) is 60.8. The highest BCUT2D eigenvalue weighted by atomic mass is 14.9. The minimum atomic E-state index is 1.09. The number of hydrogen-bond donors (Lipinski definition) is 4. The van der Waals surface area contributed by atoms with Crippen molar-refractivity contribution in [2.75, 3.05) is 21.3 Å². The third-order valence-corrected chi connectivity index (χ3v) is 15.4. The predicted molar refractivity (Wildman–Crippen MR) is 387 cm³/mol. The lowest BCUT2D eigenvalue weighted by Gasteiger charge is -2.10. The van der Waals surface area contributed by atoms with E-state index in [4.69, 9.17) is 0 Å². The van der Waals surface area contributed by atoms with Crippen LogP contribution in [0.5, 0.6) is 0 Å². The number of hydrogen-bond acceptors (Lipinski definition) is 4. The molecule has 0 saturated heterocycles. The highest BCUT2D eigenvalue weighted by molar-refractivity contribution is 5.95. The van der Waals surface area contributed by atoms with Crippen LogP contribution in [0.2, 0.25) is 0 Å². The summed E-state index contributed by atoms with van der Waals surface area (Å²) < 4.78 is 0. The monoisotopic (exact) mass is 1160 g/mol. The van der Waals surface area contributed by atoms with Crippen molar-refractivity contribution in [3.63, 3.8) is 0 Å². The van der Waals surface area contributed by atoms with E-state index in [1.165, 1.54) is 77.2 Å². The van der Waals surface area contributed by atoms with Crippen molar-refractivity contribution in [1.82, 2.24) is 0 Å². The summed E-state index contributed by atoms with van der Waals surface area (Å²) in [6.45, 7) is 0. The minimum Gasteiger partial charge on any atom is -0.356 e. The maximum atomic E-state index is 3.53. The first-order valence-electron chi connectivity index (χ1n) is 30.5. The minimum absolute atomic E-state index is 1.09. The molecule has 0 aliphatic heterocycles. The van der Waals surface area contributed by atoms with Crippen molar-refractivity contribution >= 4 is 67.0 Å². The van der Waals surface area contributed by atoms with Crippen LogP contribution in [-0.4, -0.2) is 0 Å². The molecule has 15 rings (SSSR count). The van der Waals surface area contributed by atoms with Gasteiger partial charge in [0.2, 0.25) is 0 Å². The molecule has 0 aromatic heterocycles. The average molecular weight is 1160 g/mol.